The Balaban J connectivity index is 2.06. The van der Waals surface area contributed by atoms with Gasteiger partial charge in [0.1, 0.15) is 0 Å². The molecule has 0 amide bonds. The third kappa shape index (κ3) is 2.14. The highest BCUT2D eigenvalue weighted by molar-refractivity contribution is 6.34. The van der Waals surface area contributed by atoms with E-state index in [0.29, 0.717) is 16.1 Å². The minimum absolute atomic E-state index is 0.350. The quantitative estimate of drug-likeness (QED) is 0.912. The number of imidazole rings is 1. The number of halogens is 2. The van der Waals surface area contributed by atoms with Gasteiger partial charge in [-0.15, -0.1) is 0 Å². The average Bonchev–Trinajstić information content (AvgIpc) is 3.00. The Bertz CT molecular complexity index is 559. The lowest BCUT2D eigenvalue weighted by molar-refractivity contribution is 0.615. The van der Waals surface area contributed by atoms with Crippen molar-refractivity contribution in [2.75, 3.05) is 6.54 Å². The first kappa shape index (κ1) is 12.0. The molecular formula is C13H13Cl2N3. The maximum Gasteiger partial charge on any atom is 0.0995 e. The average molecular weight is 282 g/mol. The number of nitrogens with zero attached hydrogens (tertiary/aromatic N) is 2. The Labute approximate surface area is 116 Å². The van der Waals surface area contributed by atoms with Gasteiger partial charge in [-0.05, 0) is 37.6 Å². The highest BCUT2D eigenvalue weighted by atomic mass is 35.5. The van der Waals surface area contributed by atoms with Crippen LogP contribution < -0.4 is 5.32 Å². The van der Waals surface area contributed by atoms with Crippen LogP contribution in [0.1, 0.15) is 24.6 Å². The fraction of sp³-hybridized carbons (Fsp3) is 0.308. The van der Waals surface area contributed by atoms with Gasteiger partial charge in [0.2, 0.25) is 0 Å². The summed E-state index contributed by atoms with van der Waals surface area (Å²) in [4.78, 5) is 4.24. The van der Waals surface area contributed by atoms with Gasteiger partial charge in [0.05, 0.1) is 28.9 Å². The largest absolute Gasteiger partial charge is 0.309 e. The Morgan fingerprint density at radius 1 is 1.33 bits per heavy atom. The maximum atomic E-state index is 6.24. The molecule has 1 fully saturated rings. The summed E-state index contributed by atoms with van der Waals surface area (Å²) in [6, 6.07) is 5.81. The predicted molar refractivity (Wildman–Crippen MR) is 73.6 cm³/mol. The molecule has 0 spiro atoms. The van der Waals surface area contributed by atoms with Gasteiger partial charge in [-0.2, -0.15) is 0 Å². The van der Waals surface area contributed by atoms with Crippen molar-refractivity contribution in [2.24, 2.45) is 0 Å². The van der Waals surface area contributed by atoms with Gasteiger partial charge >= 0.3 is 0 Å². The van der Waals surface area contributed by atoms with Gasteiger partial charge in [-0.25, -0.2) is 4.98 Å². The molecule has 0 aliphatic carbocycles. The molecule has 1 aliphatic heterocycles. The molecule has 0 saturated carbocycles. The Hall–Kier alpha value is -1.03. The summed E-state index contributed by atoms with van der Waals surface area (Å²) in [6.45, 7) is 1.05. The molecule has 1 saturated heterocycles. The van der Waals surface area contributed by atoms with E-state index in [1.807, 2.05) is 22.9 Å². The highest BCUT2D eigenvalue weighted by Crippen LogP contribution is 2.29. The number of hydrogen-bond donors (Lipinski definition) is 1. The summed E-state index contributed by atoms with van der Waals surface area (Å²) in [7, 11) is 0. The molecule has 5 heteroatoms. The zero-order valence-electron chi connectivity index (χ0n) is 9.74. The summed E-state index contributed by atoms with van der Waals surface area (Å²) in [5, 5.41) is 4.82. The second-order valence-corrected chi connectivity index (χ2v) is 5.28. The first-order chi connectivity index (χ1) is 8.75. The lowest BCUT2D eigenvalue weighted by Gasteiger charge is -2.15. The van der Waals surface area contributed by atoms with Crippen molar-refractivity contribution in [1.29, 1.82) is 0 Å². The van der Waals surface area contributed by atoms with E-state index in [-0.39, 0.29) is 0 Å². The van der Waals surface area contributed by atoms with Crippen LogP contribution in [-0.4, -0.2) is 16.1 Å². The van der Waals surface area contributed by atoms with Crippen LogP contribution in [0.2, 0.25) is 10.0 Å². The van der Waals surface area contributed by atoms with Crippen molar-refractivity contribution in [1.82, 2.24) is 14.9 Å². The lowest BCUT2D eigenvalue weighted by Crippen LogP contribution is -2.16. The van der Waals surface area contributed by atoms with Gasteiger partial charge in [-0.3, -0.25) is 0 Å². The van der Waals surface area contributed by atoms with Crippen molar-refractivity contribution >= 4 is 23.2 Å². The van der Waals surface area contributed by atoms with Crippen LogP contribution in [0.15, 0.2) is 30.7 Å². The topological polar surface area (TPSA) is 29.9 Å². The lowest BCUT2D eigenvalue weighted by atomic mass is 10.1. The molecule has 0 radical (unpaired) electrons. The minimum atomic E-state index is 0.350. The first-order valence-corrected chi connectivity index (χ1v) is 6.72. The van der Waals surface area contributed by atoms with E-state index in [0.717, 1.165) is 24.3 Å². The molecule has 3 nitrogen and oxygen atoms in total. The second kappa shape index (κ2) is 4.92. The van der Waals surface area contributed by atoms with Crippen LogP contribution in [0, 0.1) is 0 Å². The highest BCUT2D eigenvalue weighted by Gasteiger charge is 2.21. The van der Waals surface area contributed by atoms with Crippen molar-refractivity contribution in [3.63, 3.8) is 0 Å². The molecule has 0 bridgehead atoms. The minimum Gasteiger partial charge on any atom is -0.309 e. The van der Waals surface area contributed by atoms with Crippen LogP contribution in [0.25, 0.3) is 5.69 Å². The van der Waals surface area contributed by atoms with Gasteiger partial charge < -0.3 is 9.88 Å². The van der Waals surface area contributed by atoms with E-state index in [9.17, 15) is 0 Å². The van der Waals surface area contributed by atoms with Gasteiger partial charge in [-0.1, -0.05) is 23.2 Å². The van der Waals surface area contributed by atoms with Crippen LogP contribution in [-0.2, 0) is 0 Å². The van der Waals surface area contributed by atoms with Gasteiger partial charge in [0.25, 0.3) is 0 Å². The SMILES string of the molecule is Clc1ccc(Cl)c(-n2cncc2[C@@H]2CCCN2)c1. The summed E-state index contributed by atoms with van der Waals surface area (Å²) < 4.78 is 2.01. The molecular weight excluding hydrogens is 269 g/mol. The Kier molecular flexibility index (Phi) is 3.29. The molecule has 0 unspecified atom stereocenters. The van der Waals surface area contributed by atoms with E-state index < -0.39 is 0 Å². The normalized spacial score (nSPS) is 19.3. The zero-order valence-corrected chi connectivity index (χ0v) is 11.2. The fourth-order valence-corrected chi connectivity index (χ4v) is 2.75. The van der Waals surface area contributed by atoms with Crippen LogP contribution >= 0.6 is 23.2 Å². The van der Waals surface area contributed by atoms with Crippen molar-refractivity contribution < 1.29 is 0 Å². The van der Waals surface area contributed by atoms with E-state index in [2.05, 4.69) is 10.3 Å². The molecule has 2 aromatic rings. The molecule has 1 aliphatic rings. The summed E-state index contributed by atoms with van der Waals surface area (Å²) in [5.74, 6) is 0. The Morgan fingerprint density at radius 3 is 3.00 bits per heavy atom. The molecule has 3 rings (SSSR count). The molecule has 94 valence electrons. The number of hydrogen-bond acceptors (Lipinski definition) is 2. The molecule has 1 aromatic heterocycles. The summed E-state index contributed by atoms with van der Waals surface area (Å²) in [6.07, 6.45) is 6.00. The van der Waals surface area contributed by atoms with Crippen LogP contribution in [0.3, 0.4) is 0 Å². The standard InChI is InChI=1S/C13H13Cl2N3/c14-9-3-4-10(15)12(6-9)18-8-16-7-13(18)11-2-1-5-17-11/h3-4,6-8,11,17H,1-2,5H2/t11-/m0/s1. The van der Waals surface area contributed by atoms with E-state index in [4.69, 9.17) is 23.2 Å². The molecule has 2 heterocycles. The first-order valence-electron chi connectivity index (χ1n) is 5.97. The second-order valence-electron chi connectivity index (χ2n) is 4.43. The predicted octanol–water partition coefficient (Wildman–Crippen LogP) is 3.60. The molecule has 1 N–H and O–H groups in total. The van der Waals surface area contributed by atoms with Crippen LogP contribution in [0.4, 0.5) is 0 Å². The van der Waals surface area contributed by atoms with Crippen LogP contribution in [0.5, 0.6) is 0 Å². The van der Waals surface area contributed by atoms with E-state index in [1.165, 1.54) is 6.42 Å². The monoisotopic (exact) mass is 281 g/mol. The third-order valence-electron chi connectivity index (χ3n) is 3.25. The summed E-state index contributed by atoms with van der Waals surface area (Å²) >= 11 is 12.3. The smallest absolute Gasteiger partial charge is 0.0995 e. The van der Waals surface area contributed by atoms with Gasteiger partial charge in [0, 0.05) is 11.1 Å². The molecule has 1 aromatic carbocycles. The summed E-state index contributed by atoms with van der Waals surface area (Å²) in [5.41, 5.74) is 2.02. The van der Waals surface area contributed by atoms with Gasteiger partial charge in [0.15, 0.2) is 0 Å². The number of benzene rings is 1. The number of rotatable bonds is 2. The number of aromatic nitrogens is 2. The number of nitrogens with one attached hydrogen (secondary N) is 1. The Morgan fingerprint density at radius 2 is 2.22 bits per heavy atom. The third-order valence-corrected chi connectivity index (χ3v) is 3.81. The maximum absolute atomic E-state index is 6.24. The molecule has 18 heavy (non-hydrogen) atoms. The molecule has 1 atom stereocenters. The van der Waals surface area contributed by atoms with Crippen molar-refractivity contribution in [2.45, 2.75) is 18.9 Å². The van der Waals surface area contributed by atoms with Crippen molar-refractivity contribution in [3.8, 4) is 5.69 Å². The van der Waals surface area contributed by atoms with E-state index in [1.54, 1.807) is 12.4 Å². The fourth-order valence-electron chi connectivity index (χ4n) is 2.37. The van der Waals surface area contributed by atoms with Crippen molar-refractivity contribution in [3.05, 3.63) is 46.5 Å². The zero-order chi connectivity index (χ0) is 12.5. The van der Waals surface area contributed by atoms with E-state index >= 15 is 0 Å².